The molecule has 0 saturated carbocycles. The molecular weight excluding hydrogens is 347 g/mol. The van der Waals surface area contributed by atoms with Crippen molar-refractivity contribution in [2.75, 3.05) is 19.5 Å². The molecule has 0 spiro atoms. The lowest BCUT2D eigenvalue weighted by atomic mass is 10.0. The molecule has 0 aliphatic rings. The Labute approximate surface area is 157 Å². The van der Waals surface area contributed by atoms with Crippen molar-refractivity contribution >= 4 is 22.5 Å². The standard InChI is InChI=1S/C21H21FN2O3/c1-12(2)17-9-14(13-7-5-6-8-16(13)23-17)21(25)24-18-11-20(27-4)19(26-3)10-15(18)22/h5-12H,1-4H3,(H,24,25). The van der Waals surface area contributed by atoms with Crippen LogP contribution in [0.25, 0.3) is 10.9 Å². The number of methoxy groups -OCH3 is 2. The Bertz CT molecular complexity index is 1000. The average Bonchev–Trinajstić information content (AvgIpc) is 2.68. The van der Waals surface area contributed by atoms with Crippen molar-refractivity contribution in [3.8, 4) is 11.5 Å². The van der Waals surface area contributed by atoms with Gasteiger partial charge in [0.05, 0.1) is 31.0 Å². The van der Waals surface area contributed by atoms with E-state index in [2.05, 4.69) is 10.3 Å². The first-order chi connectivity index (χ1) is 12.9. The third-order valence-electron chi connectivity index (χ3n) is 4.29. The second kappa shape index (κ2) is 7.61. The summed E-state index contributed by atoms with van der Waals surface area (Å²) in [5.41, 5.74) is 1.98. The molecule has 140 valence electrons. The summed E-state index contributed by atoms with van der Waals surface area (Å²) in [5, 5.41) is 3.34. The molecule has 1 aromatic heterocycles. The maximum atomic E-state index is 14.4. The van der Waals surface area contributed by atoms with Crippen molar-refractivity contribution in [2.45, 2.75) is 19.8 Å². The fourth-order valence-corrected chi connectivity index (χ4v) is 2.82. The first-order valence-corrected chi connectivity index (χ1v) is 8.57. The minimum absolute atomic E-state index is 0.0182. The van der Waals surface area contributed by atoms with Crippen LogP contribution in [0.5, 0.6) is 11.5 Å². The van der Waals surface area contributed by atoms with Crippen LogP contribution in [0.15, 0.2) is 42.5 Å². The van der Waals surface area contributed by atoms with E-state index in [1.807, 2.05) is 38.1 Å². The maximum absolute atomic E-state index is 14.4. The van der Waals surface area contributed by atoms with Crippen LogP contribution in [-0.4, -0.2) is 25.1 Å². The number of halogens is 1. The molecule has 0 saturated heterocycles. The maximum Gasteiger partial charge on any atom is 0.256 e. The second-order valence-electron chi connectivity index (χ2n) is 6.41. The molecule has 0 aliphatic heterocycles. The molecule has 5 nitrogen and oxygen atoms in total. The van der Waals surface area contributed by atoms with Crippen LogP contribution in [-0.2, 0) is 0 Å². The number of nitrogens with zero attached hydrogens (tertiary/aromatic N) is 1. The highest BCUT2D eigenvalue weighted by Gasteiger charge is 2.18. The number of ether oxygens (including phenoxy) is 2. The number of hydrogen-bond donors (Lipinski definition) is 1. The van der Waals surface area contributed by atoms with Gasteiger partial charge in [0.15, 0.2) is 17.3 Å². The van der Waals surface area contributed by atoms with E-state index in [4.69, 9.17) is 9.47 Å². The normalized spacial score (nSPS) is 10.9. The lowest BCUT2D eigenvalue weighted by Gasteiger charge is -2.14. The van der Waals surface area contributed by atoms with E-state index in [0.717, 1.165) is 11.2 Å². The number of rotatable bonds is 5. The first kappa shape index (κ1) is 18.6. The van der Waals surface area contributed by atoms with Gasteiger partial charge < -0.3 is 14.8 Å². The molecule has 1 heterocycles. The largest absolute Gasteiger partial charge is 0.493 e. The SMILES string of the molecule is COc1cc(F)c(NC(=O)c2cc(C(C)C)nc3ccccc23)cc1OC. The third kappa shape index (κ3) is 3.69. The number of nitrogens with one attached hydrogen (secondary N) is 1. The zero-order chi connectivity index (χ0) is 19.6. The fraction of sp³-hybridized carbons (Fsp3) is 0.238. The van der Waals surface area contributed by atoms with Crippen molar-refractivity contribution in [3.05, 3.63) is 59.5 Å². The van der Waals surface area contributed by atoms with E-state index in [9.17, 15) is 9.18 Å². The Morgan fingerprint density at radius 3 is 2.41 bits per heavy atom. The predicted molar refractivity (Wildman–Crippen MR) is 103 cm³/mol. The number of amides is 1. The van der Waals surface area contributed by atoms with Gasteiger partial charge in [-0.15, -0.1) is 0 Å². The van der Waals surface area contributed by atoms with Gasteiger partial charge in [0, 0.05) is 23.2 Å². The Hall–Kier alpha value is -3.15. The second-order valence-corrected chi connectivity index (χ2v) is 6.41. The Balaban J connectivity index is 2.04. The third-order valence-corrected chi connectivity index (χ3v) is 4.29. The van der Waals surface area contributed by atoms with E-state index < -0.39 is 11.7 Å². The van der Waals surface area contributed by atoms with Crippen molar-refractivity contribution < 1.29 is 18.7 Å². The van der Waals surface area contributed by atoms with E-state index in [1.165, 1.54) is 26.4 Å². The number of carbonyl (C=O) groups is 1. The molecule has 0 fully saturated rings. The number of aromatic nitrogens is 1. The van der Waals surface area contributed by atoms with Gasteiger partial charge in [-0.1, -0.05) is 32.0 Å². The van der Waals surface area contributed by atoms with Gasteiger partial charge in [0.1, 0.15) is 0 Å². The summed E-state index contributed by atoms with van der Waals surface area (Å²) in [6.07, 6.45) is 0. The van der Waals surface area contributed by atoms with Crippen LogP contribution < -0.4 is 14.8 Å². The molecule has 3 rings (SSSR count). The summed E-state index contributed by atoms with van der Waals surface area (Å²) in [6.45, 7) is 4.01. The van der Waals surface area contributed by atoms with Gasteiger partial charge in [-0.25, -0.2) is 4.39 Å². The predicted octanol–water partition coefficient (Wildman–Crippen LogP) is 4.77. The van der Waals surface area contributed by atoms with Crippen molar-refractivity contribution in [1.82, 2.24) is 4.98 Å². The fourth-order valence-electron chi connectivity index (χ4n) is 2.82. The highest BCUT2D eigenvalue weighted by atomic mass is 19.1. The number of anilines is 1. The van der Waals surface area contributed by atoms with Crippen molar-refractivity contribution in [2.24, 2.45) is 0 Å². The summed E-state index contributed by atoms with van der Waals surface area (Å²) in [7, 11) is 2.87. The molecular formula is C21H21FN2O3. The zero-order valence-electron chi connectivity index (χ0n) is 15.7. The number of pyridine rings is 1. The molecule has 0 radical (unpaired) electrons. The molecule has 1 N–H and O–H groups in total. The summed E-state index contributed by atoms with van der Waals surface area (Å²) in [6, 6.07) is 11.7. The van der Waals surface area contributed by atoms with Gasteiger partial charge in [-0.05, 0) is 18.1 Å². The first-order valence-electron chi connectivity index (χ1n) is 8.57. The van der Waals surface area contributed by atoms with E-state index >= 15 is 0 Å². The number of carbonyl (C=O) groups excluding carboxylic acids is 1. The molecule has 1 amide bonds. The number of para-hydroxylation sites is 1. The molecule has 0 atom stereocenters. The quantitative estimate of drug-likeness (QED) is 0.705. The van der Waals surface area contributed by atoms with E-state index in [0.29, 0.717) is 16.7 Å². The Morgan fingerprint density at radius 1 is 1.07 bits per heavy atom. The summed E-state index contributed by atoms with van der Waals surface area (Å²) < 4.78 is 24.7. The zero-order valence-corrected chi connectivity index (χ0v) is 15.7. The van der Waals surface area contributed by atoms with E-state index in [1.54, 1.807) is 6.07 Å². The topological polar surface area (TPSA) is 60.5 Å². The summed E-state index contributed by atoms with van der Waals surface area (Å²) >= 11 is 0. The smallest absolute Gasteiger partial charge is 0.256 e. The summed E-state index contributed by atoms with van der Waals surface area (Å²) in [4.78, 5) is 17.5. The minimum Gasteiger partial charge on any atom is -0.493 e. The van der Waals surface area contributed by atoms with Crippen molar-refractivity contribution in [3.63, 3.8) is 0 Å². The lowest BCUT2D eigenvalue weighted by molar-refractivity contribution is 0.102. The number of fused-ring (bicyclic) bond motifs is 1. The minimum atomic E-state index is -0.608. The summed E-state index contributed by atoms with van der Waals surface area (Å²) in [5.74, 6) is -0.287. The highest BCUT2D eigenvalue weighted by molar-refractivity contribution is 6.12. The number of hydrogen-bond acceptors (Lipinski definition) is 4. The molecule has 6 heteroatoms. The average molecular weight is 368 g/mol. The van der Waals surface area contributed by atoms with Gasteiger partial charge >= 0.3 is 0 Å². The Kier molecular flexibility index (Phi) is 5.26. The monoisotopic (exact) mass is 368 g/mol. The highest BCUT2D eigenvalue weighted by Crippen LogP contribution is 2.33. The molecule has 3 aromatic rings. The molecule has 0 unspecified atom stereocenters. The van der Waals surface area contributed by atoms with E-state index in [-0.39, 0.29) is 17.4 Å². The van der Waals surface area contributed by atoms with Crippen LogP contribution in [0.3, 0.4) is 0 Å². The van der Waals surface area contributed by atoms with Gasteiger partial charge in [0.2, 0.25) is 0 Å². The van der Waals surface area contributed by atoms with Crippen LogP contribution in [0.4, 0.5) is 10.1 Å². The van der Waals surface area contributed by atoms with Crippen molar-refractivity contribution in [1.29, 1.82) is 0 Å². The molecule has 2 aromatic carbocycles. The van der Waals surface area contributed by atoms with Crippen LogP contribution in [0.2, 0.25) is 0 Å². The Morgan fingerprint density at radius 2 is 1.74 bits per heavy atom. The molecule has 0 bridgehead atoms. The van der Waals surface area contributed by atoms with Crippen LogP contribution in [0.1, 0.15) is 35.8 Å². The lowest BCUT2D eigenvalue weighted by Crippen LogP contribution is -2.15. The van der Waals surface area contributed by atoms with Gasteiger partial charge in [-0.3, -0.25) is 9.78 Å². The molecule has 27 heavy (non-hydrogen) atoms. The number of benzene rings is 2. The van der Waals surface area contributed by atoms with Crippen LogP contribution >= 0.6 is 0 Å². The van der Waals surface area contributed by atoms with Crippen LogP contribution in [0, 0.1) is 5.82 Å². The van der Waals surface area contributed by atoms with Gasteiger partial charge in [0.25, 0.3) is 5.91 Å². The molecule has 0 aliphatic carbocycles. The van der Waals surface area contributed by atoms with Gasteiger partial charge in [-0.2, -0.15) is 0 Å².